The van der Waals surface area contributed by atoms with E-state index in [9.17, 15) is 4.79 Å². The van der Waals surface area contributed by atoms with E-state index in [-0.39, 0.29) is 0 Å². The van der Waals surface area contributed by atoms with E-state index in [0.29, 0.717) is 5.76 Å². The first-order valence-corrected chi connectivity index (χ1v) is 5.73. The van der Waals surface area contributed by atoms with E-state index in [4.69, 9.17) is 9.47 Å². The molecule has 1 saturated carbocycles. The Bertz CT molecular complexity index is 254. The molecular formula is C9H11IO3. The Morgan fingerprint density at radius 3 is 2.62 bits per heavy atom. The van der Waals surface area contributed by atoms with Crippen molar-refractivity contribution >= 4 is 28.7 Å². The molecule has 1 spiro atoms. The average Bonchev–Trinajstić information content (AvgIpc) is 2.43. The quantitative estimate of drug-likeness (QED) is 0.508. The third-order valence-corrected chi connectivity index (χ3v) is 3.25. The number of halogens is 1. The van der Waals surface area contributed by atoms with Gasteiger partial charge in [-0.25, -0.2) is 4.79 Å². The molecule has 0 N–H and O–H groups in total. The standard InChI is InChI=1S/C9H11IO3/c10-6-7-9(13-8(11)12-7)4-2-1-3-5-9/h6H,1-5H2/b7-6-. The molecule has 2 fully saturated rings. The van der Waals surface area contributed by atoms with E-state index in [0.717, 1.165) is 25.7 Å². The second-order valence-corrected chi connectivity index (χ2v) is 4.11. The highest BCUT2D eigenvalue weighted by molar-refractivity contribution is 14.1. The Hall–Kier alpha value is -0.260. The van der Waals surface area contributed by atoms with E-state index in [1.165, 1.54) is 6.42 Å². The number of ether oxygens (including phenoxy) is 2. The van der Waals surface area contributed by atoms with Crippen LogP contribution in [-0.4, -0.2) is 11.8 Å². The van der Waals surface area contributed by atoms with Crippen molar-refractivity contribution in [2.45, 2.75) is 37.7 Å². The van der Waals surface area contributed by atoms with E-state index >= 15 is 0 Å². The van der Waals surface area contributed by atoms with Gasteiger partial charge in [0.2, 0.25) is 0 Å². The molecule has 0 unspecified atom stereocenters. The zero-order valence-corrected chi connectivity index (χ0v) is 9.37. The Kier molecular flexibility index (Phi) is 2.49. The van der Waals surface area contributed by atoms with Gasteiger partial charge in [-0.15, -0.1) is 0 Å². The van der Waals surface area contributed by atoms with Gasteiger partial charge in [0.05, 0.1) is 0 Å². The topological polar surface area (TPSA) is 35.5 Å². The van der Waals surface area contributed by atoms with Gasteiger partial charge in [0.25, 0.3) is 0 Å². The predicted molar refractivity (Wildman–Crippen MR) is 55.5 cm³/mol. The summed E-state index contributed by atoms with van der Waals surface area (Å²) >= 11 is 2.09. The molecule has 72 valence electrons. The van der Waals surface area contributed by atoms with Crippen LogP contribution < -0.4 is 0 Å². The van der Waals surface area contributed by atoms with Gasteiger partial charge in [0.15, 0.2) is 11.4 Å². The summed E-state index contributed by atoms with van der Waals surface area (Å²) in [4.78, 5) is 11.0. The van der Waals surface area contributed by atoms with E-state index in [1.54, 1.807) is 0 Å². The molecular weight excluding hydrogens is 283 g/mol. The molecule has 1 aliphatic heterocycles. The smallest absolute Gasteiger partial charge is 0.419 e. The maximum atomic E-state index is 11.0. The van der Waals surface area contributed by atoms with Crippen LogP contribution in [0.15, 0.2) is 9.84 Å². The SMILES string of the molecule is O=C1O/C(=C\I)C2(CCCCC2)O1. The third kappa shape index (κ3) is 1.56. The van der Waals surface area contributed by atoms with Crippen LogP contribution >= 0.6 is 22.6 Å². The van der Waals surface area contributed by atoms with Crippen molar-refractivity contribution in [3.05, 3.63) is 9.84 Å². The molecule has 0 atom stereocenters. The maximum Gasteiger partial charge on any atom is 0.514 e. The Balaban J connectivity index is 2.23. The summed E-state index contributed by atoms with van der Waals surface area (Å²) in [6.45, 7) is 0. The van der Waals surface area contributed by atoms with Gasteiger partial charge in [0.1, 0.15) is 0 Å². The number of carbonyl (C=O) groups excluding carboxylic acids is 1. The summed E-state index contributed by atoms with van der Waals surface area (Å²) in [5.74, 6) is 0.706. The number of rotatable bonds is 0. The van der Waals surface area contributed by atoms with Crippen molar-refractivity contribution in [1.82, 2.24) is 0 Å². The molecule has 0 bridgehead atoms. The second-order valence-electron chi connectivity index (χ2n) is 3.48. The summed E-state index contributed by atoms with van der Waals surface area (Å²) < 4.78 is 12.1. The van der Waals surface area contributed by atoms with Crippen LogP contribution in [-0.2, 0) is 9.47 Å². The van der Waals surface area contributed by atoms with E-state index in [2.05, 4.69) is 22.6 Å². The summed E-state index contributed by atoms with van der Waals surface area (Å²) in [6.07, 6.45) is 4.74. The molecule has 1 saturated heterocycles. The first-order chi connectivity index (χ1) is 6.27. The fourth-order valence-corrected chi connectivity index (χ4v) is 2.70. The number of hydrogen-bond acceptors (Lipinski definition) is 3. The lowest BCUT2D eigenvalue weighted by Gasteiger charge is -2.29. The lowest BCUT2D eigenvalue weighted by Crippen LogP contribution is -2.32. The normalized spacial score (nSPS) is 29.0. The van der Waals surface area contributed by atoms with Crippen LogP contribution in [0.4, 0.5) is 4.79 Å². The molecule has 1 heterocycles. The van der Waals surface area contributed by atoms with Crippen LogP contribution in [0, 0.1) is 0 Å². The Morgan fingerprint density at radius 1 is 1.31 bits per heavy atom. The minimum Gasteiger partial charge on any atom is -0.419 e. The number of hydrogen-bond donors (Lipinski definition) is 0. The summed E-state index contributed by atoms with van der Waals surface area (Å²) in [5.41, 5.74) is -0.406. The Morgan fingerprint density at radius 2 is 2.00 bits per heavy atom. The largest absolute Gasteiger partial charge is 0.514 e. The van der Waals surface area contributed by atoms with E-state index in [1.807, 2.05) is 4.08 Å². The molecule has 3 nitrogen and oxygen atoms in total. The van der Waals surface area contributed by atoms with Crippen LogP contribution in [0.3, 0.4) is 0 Å². The molecule has 0 aromatic heterocycles. The Labute approximate surface area is 90.6 Å². The van der Waals surface area contributed by atoms with Crippen LogP contribution in [0.2, 0.25) is 0 Å². The first-order valence-electron chi connectivity index (χ1n) is 4.48. The lowest BCUT2D eigenvalue weighted by molar-refractivity contribution is 0.0389. The second kappa shape index (κ2) is 3.48. The number of carbonyl (C=O) groups is 1. The highest BCUT2D eigenvalue weighted by Crippen LogP contribution is 2.42. The summed E-state index contributed by atoms with van der Waals surface area (Å²) in [5, 5.41) is 0. The van der Waals surface area contributed by atoms with Crippen molar-refractivity contribution in [2.75, 3.05) is 0 Å². The predicted octanol–water partition coefficient (Wildman–Crippen LogP) is 3.13. The minimum absolute atomic E-state index is 0.406. The molecule has 0 aromatic rings. The highest BCUT2D eigenvalue weighted by Gasteiger charge is 2.47. The zero-order chi connectivity index (χ0) is 9.31. The van der Waals surface area contributed by atoms with Gasteiger partial charge < -0.3 is 9.47 Å². The maximum absolute atomic E-state index is 11.0. The van der Waals surface area contributed by atoms with Gasteiger partial charge in [-0.3, -0.25) is 0 Å². The monoisotopic (exact) mass is 294 g/mol. The molecule has 1 aliphatic carbocycles. The van der Waals surface area contributed by atoms with Crippen molar-refractivity contribution in [2.24, 2.45) is 0 Å². The molecule has 0 radical (unpaired) electrons. The summed E-state index contributed by atoms with van der Waals surface area (Å²) in [7, 11) is 0. The van der Waals surface area contributed by atoms with Gasteiger partial charge in [-0.05, 0) is 48.3 Å². The van der Waals surface area contributed by atoms with Crippen molar-refractivity contribution in [1.29, 1.82) is 0 Å². The third-order valence-electron chi connectivity index (χ3n) is 2.68. The molecule has 0 aromatic carbocycles. The van der Waals surface area contributed by atoms with Gasteiger partial charge in [0, 0.05) is 4.08 Å². The van der Waals surface area contributed by atoms with Gasteiger partial charge in [-0.1, -0.05) is 6.42 Å². The minimum atomic E-state index is -0.537. The molecule has 2 aliphatic rings. The lowest BCUT2D eigenvalue weighted by atomic mass is 9.84. The average molecular weight is 294 g/mol. The van der Waals surface area contributed by atoms with Crippen LogP contribution in [0.5, 0.6) is 0 Å². The van der Waals surface area contributed by atoms with Gasteiger partial charge >= 0.3 is 6.16 Å². The highest BCUT2D eigenvalue weighted by atomic mass is 127. The molecule has 2 rings (SSSR count). The molecule has 13 heavy (non-hydrogen) atoms. The van der Waals surface area contributed by atoms with E-state index < -0.39 is 11.8 Å². The van der Waals surface area contributed by atoms with Crippen molar-refractivity contribution in [3.63, 3.8) is 0 Å². The molecule has 0 amide bonds. The van der Waals surface area contributed by atoms with Crippen molar-refractivity contribution < 1.29 is 14.3 Å². The first kappa shape index (κ1) is 9.30. The van der Waals surface area contributed by atoms with Gasteiger partial charge in [-0.2, -0.15) is 0 Å². The zero-order valence-electron chi connectivity index (χ0n) is 7.22. The fraction of sp³-hybridized carbons (Fsp3) is 0.667. The molecule has 4 heteroatoms. The fourth-order valence-electron chi connectivity index (χ4n) is 2.01. The number of cyclic esters (lactones) is 1. The van der Waals surface area contributed by atoms with Crippen LogP contribution in [0.25, 0.3) is 0 Å². The summed E-state index contributed by atoms with van der Waals surface area (Å²) in [6, 6.07) is 0. The van der Waals surface area contributed by atoms with Crippen LogP contribution in [0.1, 0.15) is 32.1 Å². The van der Waals surface area contributed by atoms with Crippen molar-refractivity contribution in [3.8, 4) is 0 Å².